The summed E-state index contributed by atoms with van der Waals surface area (Å²) < 4.78 is 0. The summed E-state index contributed by atoms with van der Waals surface area (Å²) in [4.78, 5) is 12.2. The molecule has 0 radical (unpaired) electrons. The van der Waals surface area contributed by atoms with Crippen LogP contribution in [0.2, 0.25) is 5.02 Å². The Hall–Kier alpha value is -1.60. The SMILES string of the molecule is CCCCc1ccc(C(=O)Cc2ccccc2Cl)cc1. The highest BCUT2D eigenvalue weighted by Crippen LogP contribution is 2.18. The Labute approximate surface area is 125 Å². The second-order valence-electron chi connectivity index (χ2n) is 4.99. The van der Waals surface area contributed by atoms with Crippen LogP contribution in [0.5, 0.6) is 0 Å². The number of hydrogen-bond donors (Lipinski definition) is 0. The van der Waals surface area contributed by atoms with Gasteiger partial charge in [0.25, 0.3) is 0 Å². The standard InChI is InChI=1S/C18H19ClO/c1-2-3-6-14-9-11-15(12-10-14)18(20)13-16-7-4-5-8-17(16)19/h4-5,7-12H,2-3,6,13H2,1H3. The fourth-order valence-electron chi connectivity index (χ4n) is 2.16. The zero-order chi connectivity index (χ0) is 14.4. The van der Waals surface area contributed by atoms with Crippen molar-refractivity contribution in [3.8, 4) is 0 Å². The van der Waals surface area contributed by atoms with Crippen LogP contribution in [-0.4, -0.2) is 5.78 Å². The average molecular weight is 287 g/mol. The van der Waals surface area contributed by atoms with E-state index in [4.69, 9.17) is 11.6 Å². The quantitative estimate of drug-likeness (QED) is 0.675. The molecular weight excluding hydrogens is 268 g/mol. The molecule has 0 amide bonds. The Morgan fingerprint density at radius 2 is 1.75 bits per heavy atom. The number of carbonyl (C=O) groups excluding carboxylic acids is 1. The Bertz CT molecular complexity index is 572. The van der Waals surface area contributed by atoms with Crippen LogP contribution < -0.4 is 0 Å². The van der Waals surface area contributed by atoms with E-state index in [-0.39, 0.29) is 5.78 Å². The Kier molecular flexibility index (Phi) is 5.37. The van der Waals surface area contributed by atoms with Crippen LogP contribution in [0, 0.1) is 0 Å². The number of halogens is 1. The molecule has 2 aromatic rings. The van der Waals surface area contributed by atoms with Crippen molar-refractivity contribution in [2.45, 2.75) is 32.6 Å². The van der Waals surface area contributed by atoms with Gasteiger partial charge in [-0.3, -0.25) is 4.79 Å². The molecule has 2 aromatic carbocycles. The van der Waals surface area contributed by atoms with E-state index in [1.165, 1.54) is 18.4 Å². The molecule has 0 aliphatic rings. The van der Waals surface area contributed by atoms with Crippen LogP contribution in [-0.2, 0) is 12.8 Å². The molecule has 0 spiro atoms. The number of hydrogen-bond acceptors (Lipinski definition) is 1. The van der Waals surface area contributed by atoms with E-state index in [0.717, 1.165) is 17.5 Å². The maximum atomic E-state index is 12.2. The molecule has 2 rings (SSSR count). The molecule has 0 aliphatic heterocycles. The highest BCUT2D eigenvalue weighted by molar-refractivity contribution is 6.31. The van der Waals surface area contributed by atoms with Gasteiger partial charge in [-0.15, -0.1) is 0 Å². The maximum absolute atomic E-state index is 12.2. The molecule has 0 aromatic heterocycles. The van der Waals surface area contributed by atoms with E-state index in [0.29, 0.717) is 11.4 Å². The van der Waals surface area contributed by atoms with Gasteiger partial charge in [0.05, 0.1) is 0 Å². The fraction of sp³-hybridized carbons (Fsp3) is 0.278. The van der Waals surface area contributed by atoms with Crippen LogP contribution >= 0.6 is 11.6 Å². The van der Waals surface area contributed by atoms with Crippen LogP contribution in [0.15, 0.2) is 48.5 Å². The van der Waals surface area contributed by atoms with Crippen LogP contribution in [0.3, 0.4) is 0 Å². The van der Waals surface area contributed by atoms with E-state index < -0.39 is 0 Å². The number of rotatable bonds is 6. The average Bonchev–Trinajstić information content (AvgIpc) is 2.48. The maximum Gasteiger partial charge on any atom is 0.167 e. The number of Topliss-reactive ketones (excluding diaryl/α,β-unsaturated/α-hetero) is 1. The molecule has 104 valence electrons. The first-order chi connectivity index (χ1) is 9.70. The second kappa shape index (κ2) is 7.25. The van der Waals surface area contributed by atoms with Gasteiger partial charge in [-0.1, -0.05) is 67.4 Å². The zero-order valence-corrected chi connectivity index (χ0v) is 12.5. The number of unbranched alkanes of at least 4 members (excludes halogenated alkanes) is 1. The van der Waals surface area contributed by atoms with Crippen LogP contribution in [0.4, 0.5) is 0 Å². The van der Waals surface area contributed by atoms with Gasteiger partial charge < -0.3 is 0 Å². The predicted molar refractivity (Wildman–Crippen MR) is 84.5 cm³/mol. The van der Waals surface area contributed by atoms with Gasteiger partial charge in [0, 0.05) is 17.0 Å². The predicted octanol–water partition coefficient (Wildman–Crippen LogP) is 5.11. The second-order valence-corrected chi connectivity index (χ2v) is 5.40. The van der Waals surface area contributed by atoms with Crippen molar-refractivity contribution in [2.75, 3.05) is 0 Å². The van der Waals surface area contributed by atoms with Crippen molar-refractivity contribution < 1.29 is 4.79 Å². The van der Waals surface area contributed by atoms with E-state index in [2.05, 4.69) is 19.1 Å². The topological polar surface area (TPSA) is 17.1 Å². The third kappa shape index (κ3) is 3.94. The highest BCUT2D eigenvalue weighted by Gasteiger charge is 2.09. The summed E-state index contributed by atoms with van der Waals surface area (Å²) in [6.07, 6.45) is 3.81. The van der Waals surface area contributed by atoms with Crippen molar-refractivity contribution in [1.29, 1.82) is 0 Å². The molecule has 0 fully saturated rings. The molecule has 0 bridgehead atoms. The lowest BCUT2D eigenvalue weighted by Gasteiger charge is -2.05. The van der Waals surface area contributed by atoms with Crippen molar-refractivity contribution in [3.63, 3.8) is 0 Å². The highest BCUT2D eigenvalue weighted by atomic mass is 35.5. The van der Waals surface area contributed by atoms with Crippen molar-refractivity contribution in [3.05, 3.63) is 70.2 Å². The van der Waals surface area contributed by atoms with Crippen molar-refractivity contribution >= 4 is 17.4 Å². The lowest BCUT2D eigenvalue weighted by molar-refractivity contribution is 0.0993. The number of aryl methyl sites for hydroxylation is 1. The third-order valence-corrected chi connectivity index (χ3v) is 3.77. The monoisotopic (exact) mass is 286 g/mol. The molecular formula is C18H19ClO. The van der Waals surface area contributed by atoms with Gasteiger partial charge in [0.15, 0.2) is 5.78 Å². The molecule has 0 atom stereocenters. The summed E-state index contributed by atoms with van der Waals surface area (Å²) in [7, 11) is 0. The van der Waals surface area contributed by atoms with E-state index in [1.54, 1.807) is 0 Å². The molecule has 0 heterocycles. The Morgan fingerprint density at radius 1 is 1.05 bits per heavy atom. The zero-order valence-electron chi connectivity index (χ0n) is 11.7. The molecule has 0 unspecified atom stereocenters. The first kappa shape index (κ1) is 14.8. The summed E-state index contributed by atoms with van der Waals surface area (Å²) >= 11 is 6.09. The minimum Gasteiger partial charge on any atom is -0.294 e. The van der Waals surface area contributed by atoms with Crippen molar-refractivity contribution in [2.24, 2.45) is 0 Å². The normalized spacial score (nSPS) is 10.5. The fourth-order valence-corrected chi connectivity index (χ4v) is 2.36. The van der Waals surface area contributed by atoms with Gasteiger partial charge in [0.1, 0.15) is 0 Å². The lowest BCUT2D eigenvalue weighted by atomic mass is 10.0. The summed E-state index contributed by atoms with van der Waals surface area (Å²) in [5, 5.41) is 0.653. The first-order valence-corrected chi connectivity index (χ1v) is 7.44. The largest absolute Gasteiger partial charge is 0.294 e. The molecule has 0 saturated carbocycles. The van der Waals surface area contributed by atoms with Crippen LogP contribution in [0.1, 0.15) is 41.3 Å². The van der Waals surface area contributed by atoms with E-state index in [9.17, 15) is 4.79 Å². The Balaban J connectivity index is 2.04. The molecule has 2 heteroatoms. The van der Waals surface area contributed by atoms with E-state index in [1.807, 2.05) is 36.4 Å². The molecule has 20 heavy (non-hydrogen) atoms. The minimum absolute atomic E-state index is 0.111. The summed E-state index contributed by atoms with van der Waals surface area (Å²) in [6, 6.07) is 15.4. The Morgan fingerprint density at radius 3 is 2.40 bits per heavy atom. The summed E-state index contributed by atoms with van der Waals surface area (Å²) in [5.41, 5.74) is 2.93. The summed E-state index contributed by atoms with van der Waals surface area (Å²) in [6.45, 7) is 2.18. The lowest BCUT2D eigenvalue weighted by Crippen LogP contribution is -2.04. The molecule has 0 N–H and O–H groups in total. The van der Waals surface area contributed by atoms with Gasteiger partial charge in [-0.2, -0.15) is 0 Å². The van der Waals surface area contributed by atoms with Crippen molar-refractivity contribution in [1.82, 2.24) is 0 Å². The smallest absolute Gasteiger partial charge is 0.167 e. The molecule has 0 saturated heterocycles. The molecule has 1 nitrogen and oxygen atoms in total. The molecule has 0 aliphatic carbocycles. The number of benzene rings is 2. The number of ketones is 1. The van der Waals surface area contributed by atoms with Gasteiger partial charge in [-0.05, 0) is 30.0 Å². The minimum atomic E-state index is 0.111. The summed E-state index contributed by atoms with van der Waals surface area (Å²) in [5.74, 6) is 0.111. The number of carbonyl (C=O) groups is 1. The van der Waals surface area contributed by atoms with Gasteiger partial charge in [0.2, 0.25) is 0 Å². The van der Waals surface area contributed by atoms with E-state index >= 15 is 0 Å². The van der Waals surface area contributed by atoms with Crippen LogP contribution in [0.25, 0.3) is 0 Å². The third-order valence-electron chi connectivity index (χ3n) is 3.40. The first-order valence-electron chi connectivity index (χ1n) is 7.06. The van der Waals surface area contributed by atoms with Gasteiger partial charge >= 0.3 is 0 Å². The van der Waals surface area contributed by atoms with Gasteiger partial charge in [-0.25, -0.2) is 0 Å².